The van der Waals surface area contributed by atoms with Crippen molar-refractivity contribution in [3.63, 3.8) is 0 Å². The van der Waals surface area contributed by atoms with E-state index in [0.29, 0.717) is 5.69 Å². The average Bonchev–Trinajstić information content (AvgIpc) is 3.38. The number of nitrogens with zero attached hydrogens (tertiary/aromatic N) is 3. The smallest absolute Gasteiger partial charge is 0.243 e. The average molecular weight is 444 g/mol. The number of benzene rings is 3. The Morgan fingerprint density at radius 2 is 1.59 bits per heavy atom. The summed E-state index contributed by atoms with van der Waals surface area (Å²) in [6.45, 7) is -0.123. The summed E-state index contributed by atoms with van der Waals surface area (Å²) in [7, 11) is 0. The van der Waals surface area contributed by atoms with Crippen LogP contribution in [-0.2, 0) is 9.59 Å². The van der Waals surface area contributed by atoms with Gasteiger partial charge in [-0.05, 0) is 42.0 Å². The normalized spacial score (nSPS) is 11.5. The van der Waals surface area contributed by atoms with Crippen LogP contribution in [0.1, 0.15) is 10.8 Å². The topological polar surface area (TPSA) is 88.9 Å². The minimum absolute atomic E-state index is 0.123. The van der Waals surface area contributed by atoms with Crippen molar-refractivity contribution >= 4 is 29.3 Å². The molecule has 8 heteroatoms. The van der Waals surface area contributed by atoms with E-state index in [1.165, 1.54) is 18.1 Å². The summed E-state index contributed by atoms with van der Waals surface area (Å²) in [4.78, 5) is 30.2. The van der Waals surface area contributed by atoms with Crippen LogP contribution in [0.25, 0.3) is 5.69 Å². The lowest BCUT2D eigenvalue weighted by Gasteiger charge is -2.17. The van der Waals surface area contributed by atoms with Gasteiger partial charge < -0.3 is 10.6 Å². The van der Waals surface area contributed by atoms with Crippen LogP contribution in [0.4, 0.5) is 5.69 Å². The van der Waals surface area contributed by atoms with Gasteiger partial charge >= 0.3 is 0 Å². The summed E-state index contributed by atoms with van der Waals surface area (Å²) in [5.74, 6) is -0.523. The van der Waals surface area contributed by atoms with Crippen LogP contribution in [0.3, 0.4) is 0 Å². The minimum Gasteiger partial charge on any atom is -0.346 e. The molecular formula is C24H21N5O2S. The van der Waals surface area contributed by atoms with Crippen molar-refractivity contribution in [2.45, 2.75) is 10.1 Å². The van der Waals surface area contributed by atoms with Crippen molar-refractivity contribution in [2.24, 2.45) is 0 Å². The standard InChI is InChI=1S/C24H21N5O2S/c30-22(28-19-11-13-20(14-12-19)29-17-25-16-27-29)15-26-24(31)23(18-7-3-1-4-8-18)32-21-9-5-2-6-10-21/h1-14,16-17,23H,15H2,(H,26,31)(H,28,30). The van der Waals surface area contributed by atoms with Crippen molar-refractivity contribution in [3.8, 4) is 5.69 Å². The molecule has 4 rings (SSSR count). The second-order valence-corrected chi connectivity index (χ2v) is 8.05. The number of rotatable bonds is 8. The third kappa shape index (κ3) is 5.61. The first kappa shape index (κ1) is 21.3. The fourth-order valence-electron chi connectivity index (χ4n) is 3.04. The van der Waals surface area contributed by atoms with Crippen molar-refractivity contribution in [1.29, 1.82) is 0 Å². The van der Waals surface area contributed by atoms with Gasteiger partial charge in [0.1, 0.15) is 17.9 Å². The molecule has 0 radical (unpaired) electrons. The van der Waals surface area contributed by atoms with E-state index in [9.17, 15) is 9.59 Å². The lowest BCUT2D eigenvalue weighted by molar-refractivity contribution is -0.123. The van der Waals surface area contributed by atoms with Crippen LogP contribution in [0.2, 0.25) is 0 Å². The minimum atomic E-state index is -0.464. The van der Waals surface area contributed by atoms with Crippen LogP contribution in [0, 0.1) is 0 Å². The molecule has 4 aromatic rings. The highest BCUT2D eigenvalue weighted by molar-refractivity contribution is 8.00. The zero-order valence-corrected chi connectivity index (χ0v) is 17.9. The molecule has 3 aromatic carbocycles. The molecule has 1 atom stereocenters. The van der Waals surface area contributed by atoms with Gasteiger partial charge in [-0.1, -0.05) is 48.5 Å². The van der Waals surface area contributed by atoms with Crippen LogP contribution in [-0.4, -0.2) is 33.1 Å². The molecule has 0 bridgehead atoms. The molecule has 32 heavy (non-hydrogen) atoms. The van der Waals surface area contributed by atoms with Crippen molar-refractivity contribution in [2.75, 3.05) is 11.9 Å². The summed E-state index contributed by atoms with van der Waals surface area (Å²) in [6, 6.07) is 26.5. The Morgan fingerprint density at radius 1 is 0.906 bits per heavy atom. The Bertz CT molecular complexity index is 1150. The molecule has 0 spiro atoms. The number of amides is 2. The highest BCUT2D eigenvalue weighted by atomic mass is 32.2. The zero-order chi connectivity index (χ0) is 22.2. The number of thioether (sulfide) groups is 1. The maximum atomic E-state index is 13.0. The van der Waals surface area contributed by atoms with Crippen molar-refractivity contribution in [1.82, 2.24) is 20.1 Å². The fourth-order valence-corrected chi connectivity index (χ4v) is 4.11. The summed E-state index contributed by atoms with van der Waals surface area (Å²) >= 11 is 1.45. The zero-order valence-electron chi connectivity index (χ0n) is 17.1. The predicted octanol–water partition coefficient (Wildman–Crippen LogP) is 3.86. The molecule has 0 saturated carbocycles. The summed E-state index contributed by atoms with van der Waals surface area (Å²) < 4.78 is 1.62. The maximum Gasteiger partial charge on any atom is 0.243 e. The van der Waals surface area contributed by atoms with E-state index >= 15 is 0 Å². The highest BCUT2D eigenvalue weighted by Crippen LogP contribution is 2.35. The van der Waals surface area contributed by atoms with Gasteiger partial charge in [-0.3, -0.25) is 9.59 Å². The molecule has 0 aliphatic carbocycles. The molecule has 0 aliphatic rings. The molecule has 1 heterocycles. The van der Waals surface area contributed by atoms with Gasteiger partial charge in [-0.2, -0.15) is 5.10 Å². The fraction of sp³-hybridized carbons (Fsp3) is 0.0833. The van der Waals surface area contributed by atoms with E-state index in [0.717, 1.165) is 16.1 Å². The number of nitrogens with one attached hydrogen (secondary N) is 2. The number of hydrogen-bond acceptors (Lipinski definition) is 5. The van der Waals surface area contributed by atoms with E-state index in [1.807, 2.05) is 72.8 Å². The van der Waals surface area contributed by atoms with Gasteiger partial charge in [0.25, 0.3) is 0 Å². The second-order valence-electron chi connectivity index (χ2n) is 6.87. The molecule has 0 aliphatic heterocycles. The molecule has 2 N–H and O–H groups in total. The summed E-state index contributed by atoms with van der Waals surface area (Å²) in [5.41, 5.74) is 2.34. The first-order chi connectivity index (χ1) is 15.7. The number of hydrogen-bond donors (Lipinski definition) is 2. The predicted molar refractivity (Wildman–Crippen MR) is 124 cm³/mol. The molecule has 7 nitrogen and oxygen atoms in total. The van der Waals surface area contributed by atoms with Gasteiger partial charge in [0.2, 0.25) is 11.8 Å². The number of carbonyl (C=O) groups is 2. The first-order valence-corrected chi connectivity index (χ1v) is 10.9. The molecule has 1 aromatic heterocycles. The molecule has 160 valence electrons. The van der Waals surface area contributed by atoms with E-state index in [1.54, 1.807) is 23.1 Å². The van der Waals surface area contributed by atoms with Gasteiger partial charge in [0, 0.05) is 10.6 Å². The van der Waals surface area contributed by atoms with Gasteiger partial charge in [0.15, 0.2) is 0 Å². The molecule has 0 fully saturated rings. The third-order valence-electron chi connectivity index (χ3n) is 4.60. The van der Waals surface area contributed by atoms with Gasteiger partial charge in [-0.15, -0.1) is 11.8 Å². The Labute approximate surface area is 189 Å². The van der Waals surface area contributed by atoms with E-state index in [-0.39, 0.29) is 18.4 Å². The molecule has 0 saturated heterocycles. The first-order valence-electron chi connectivity index (χ1n) is 9.98. The van der Waals surface area contributed by atoms with Gasteiger partial charge in [0.05, 0.1) is 12.2 Å². The largest absolute Gasteiger partial charge is 0.346 e. The summed E-state index contributed by atoms with van der Waals surface area (Å²) in [6.07, 6.45) is 3.05. The Kier molecular flexibility index (Phi) is 6.94. The van der Waals surface area contributed by atoms with Gasteiger partial charge in [-0.25, -0.2) is 9.67 Å². The van der Waals surface area contributed by atoms with Crippen LogP contribution < -0.4 is 10.6 Å². The van der Waals surface area contributed by atoms with E-state index in [4.69, 9.17) is 0 Å². The number of aromatic nitrogens is 3. The van der Waals surface area contributed by atoms with Crippen LogP contribution in [0.5, 0.6) is 0 Å². The Hall–Kier alpha value is -3.91. The summed E-state index contributed by atoms with van der Waals surface area (Å²) in [5, 5.41) is 9.16. The SMILES string of the molecule is O=C(CNC(=O)C(Sc1ccccc1)c1ccccc1)Nc1ccc(-n2cncn2)cc1. The highest BCUT2D eigenvalue weighted by Gasteiger charge is 2.22. The second kappa shape index (κ2) is 10.4. The monoisotopic (exact) mass is 443 g/mol. The van der Waals surface area contributed by atoms with Crippen molar-refractivity contribution in [3.05, 3.63) is 103 Å². The van der Waals surface area contributed by atoms with Crippen LogP contribution >= 0.6 is 11.8 Å². The van der Waals surface area contributed by atoms with E-state index in [2.05, 4.69) is 20.7 Å². The number of carbonyl (C=O) groups excluding carboxylic acids is 2. The Morgan fingerprint density at radius 3 is 2.25 bits per heavy atom. The number of anilines is 1. The van der Waals surface area contributed by atoms with E-state index < -0.39 is 5.25 Å². The van der Waals surface area contributed by atoms with Crippen molar-refractivity contribution < 1.29 is 9.59 Å². The van der Waals surface area contributed by atoms with Crippen LogP contribution in [0.15, 0.2) is 102 Å². The lowest BCUT2D eigenvalue weighted by atomic mass is 10.1. The lowest BCUT2D eigenvalue weighted by Crippen LogP contribution is -2.35. The third-order valence-corrected chi connectivity index (χ3v) is 5.86. The Balaban J connectivity index is 1.36. The maximum absolute atomic E-state index is 13.0. The quantitative estimate of drug-likeness (QED) is 0.404. The molecular weight excluding hydrogens is 422 g/mol. The molecule has 2 amide bonds. The molecule has 1 unspecified atom stereocenters.